The average Bonchev–Trinajstić information content (AvgIpc) is 2.32. The second kappa shape index (κ2) is 8.06. The van der Waals surface area contributed by atoms with Gasteiger partial charge in [0.2, 0.25) is 0 Å². The number of hydrogen-bond donors (Lipinski definition) is 2. The Labute approximate surface area is 111 Å². The molecule has 18 heavy (non-hydrogen) atoms. The number of benzene rings is 1. The van der Waals surface area contributed by atoms with Gasteiger partial charge in [-0.3, -0.25) is 11.3 Å². The van der Waals surface area contributed by atoms with Crippen molar-refractivity contribution in [2.24, 2.45) is 5.84 Å². The molecule has 1 unspecified atom stereocenters. The summed E-state index contributed by atoms with van der Waals surface area (Å²) in [6, 6.07) is 6.91. The van der Waals surface area contributed by atoms with Crippen LogP contribution in [-0.4, -0.2) is 0 Å². The van der Waals surface area contributed by atoms with Crippen LogP contribution >= 0.6 is 0 Å². The third-order valence-electron chi connectivity index (χ3n) is 3.25. The van der Waals surface area contributed by atoms with E-state index in [1.165, 1.54) is 36.0 Å². The second-order valence-corrected chi connectivity index (χ2v) is 5.07. The maximum absolute atomic E-state index is 5.68. The molecular weight excluding hydrogens is 220 g/mol. The predicted octanol–water partition coefficient (Wildman–Crippen LogP) is 3.94. The average molecular weight is 246 g/mol. The topological polar surface area (TPSA) is 38.0 Å². The van der Waals surface area contributed by atoms with E-state index in [0.717, 1.165) is 12.8 Å². The van der Waals surface area contributed by atoms with E-state index in [9.17, 15) is 0 Å². The Bertz CT molecular complexity index is 351. The Balaban J connectivity index is 2.51. The summed E-state index contributed by atoms with van der Waals surface area (Å²) >= 11 is 0. The predicted molar refractivity (Wildman–Crippen MR) is 79.3 cm³/mol. The van der Waals surface area contributed by atoms with Gasteiger partial charge in [0.1, 0.15) is 0 Å². The van der Waals surface area contributed by atoms with E-state index in [-0.39, 0.29) is 6.04 Å². The Morgan fingerprint density at radius 3 is 2.39 bits per heavy atom. The van der Waals surface area contributed by atoms with Crippen LogP contribution in [0.2, 0.25) is 0 Å². The molecule has 0 aromatic heterocycles. The van der Waals surface area contributed by atoms with Crippen molar-refractivity contribution in [1.29, 1.82) is 0 Å². The summed E-state index contributed by atoms with van der Waals surface area (Å²) in [5.74, 6) is 5.68. The monoisotopic (exact) mass is 246 g/mol. The van der Waals surface area contributed by atoms with Gasteiger partial charge in [0, 0.05) is 6.04 Å². The Kier molecular flexibility index (Phi) is 6.69. The van der Waals surface area contributed by atoms with Crippen LogP contribution in [0.3, 0.4) is 0 Å². The summed E-state index contributed by atoms with van der Waals surface area (Å²) in [4.78, 5) is 0. The number of hydrogen-bond acceptors (Lipinski definition) is 2. The van der Waals surface area contributed by atoms with E-state index in [2.05, 4.69) is 44.1 Å². The van der Waals surface area contributed by atoms with E-state index in [1.54, 1.807) is 0 Å². The molecule has 2 nitrogen and oxygen atoms in total. The van der Waals surface area contributed by atoms with Crippen molar-refractivity contribution in [2.75, 3.05) is 0 Å². The maximum atomic E-state index is 5.68. The maximum Gasteiger partial charge on any atom is 0.0460 e. The molecule has 3 N–H and O–H groups in total. The fourth-order valence-corrected chi connectivity index (χ4v) is 2.37. The summed E-state index contributed by atoms with van der Waals surface area (Å²) in [7, 11) is 0. The lowest BCUT2D eigenvalue weighted by Crippen LogP contribution is -2.28. The molecule has 1 atom stereocenters. The van der Waals surface area contributed by atoms with Gasteiger partial charge >= 0.3 is 0 Å². The lowest BCUT2D eigenvalue weighted by molar-refractivity contribution is 0.483. The number of rotatable bonds is 8. The third-order valence-corrected chi connectivity index (χ3v) is 3.25. The fraction of sp³-hybridized carbons (Fsp3) is 0.500. The van der Waals surface area contributed by atoms with E-state index >= 15 is 0 Å². The molecule has 0 spiro atoms. The summed E-state index contributed by atoms with van der Waals surface area (Å²) in [5, 5.41) is 0. The first-order valence-electron chi connectivity index (χ1n) is 6.82. The Morgan fingerprint density at radius 1 is 1.17 bits per heavy atom. The Morgan fingerprint density at radius 2 is 1.83 bits per heavy atom. The normalized spacial score (nSPS) is 12.4. The minimum atomic E-state index is 0.271. The van der Waals surface area contributed by atoms with Gasteiger partial charge in [-0.25, -0.2) is 0 Å². The van der Waals surface area contributed by atoms with Crippen molar-refractivity contribution in [2.45, 2.75) is 52.0 Å². The molecule has 0 radical (unpaired) electrons. The summed E-state index contributed by atoms with van der Waals surface area (Å²) < 4.78 is 0. The second-order valence-electron chi connectivity index (χ2n) is 5.07. The van der Waals surface area contributed by atoms with Crippen LogP contribution in [0.1, 0.15) is 54.8 Å². The van der Waals surface area contributed by atoms with Gasteiger partial charge in [0.05, 0.1) is 0 Å². The molecule has 1 aromatic carbocycles. The van der Waals surface area contributed by atoms with Crippen LogP contribution in [0.15, 0.2) is 30.9 Å². The molecule has 0 aliphatic heterocycles. The standard InChI is InChI=1S/C16H26N2/c1-4-5-6-7-8-9-16(18-17)15-11-13(2)10-14(3)12-15/h4,10-12,16,18H,1,5-9,17H2,2-3H3. The van der Waals surface area contributed by atoms with Gasteiger partial charge in [-0.15, -0.1) is 6.58 Å². The SMILES string of the molecule is C=CCCCCCC(NN)c1cc(C)cc(C)c1. The minimum Gasteiger partial charge on any atom is -0.271 e. The highest BCUT2D eigenvalue weighted by Crippen LogP contribution is 2.21. The number of nitrogens with two attached hydrogens (primary N) is 1. The van der Waals surface area contributed by atoms with Crippen LogP contribution < -0.4 is 11.3 Å². The van der Waals surface area contributed by atoms with Gasteiger partial charge < -0.3 is 0 Å². The van der Waals surface area contributed by atoms with Crippen molar-refractivity contribution in [3.05, 3.63) is 47.5 Å². The number of nitrogens with one attached hydrogen (secondary N) is 1. The van der Waals surface area contributed by atoms with Gasteiger partial charge in [-0.2, -0.15) is 0 Å². The fourth-order valence-electron chi connectivity index (χ4n) is 2.37. The molecular formula is C16H26N2. The molecule has 0 aliphatic carbocycles. The largest absolute Gasteiger partial charge is 0.271 e. The number of hydrazine groups is 1. The highest BCUT2D eigenvalue weighted by Gasteiger charge is 2.09. The van der Waals surface area contributed by atoms with Gasteiger partial charge in [-0.05, 0) is 38.7 Å². The summed E-state index contributed by atoms with van der Waals surface area (Å²) in [6.45, 7) is 8.01. The summed E-state index contributed by atoms with van der Waals surface area (Å²) in [5.41, 5.74) is 6.85. The zero-order valence-electron chi connectivity index (χ0n) is 11.7. The molecule has 1 aromatic rings. The van der Waals surface area contributed by atoms with E-state index in [4.69, 9.17) is 5.84 Å². The smallest absolute Gasteiger partial charge is 0.0460 e. The molecule has 100 valence electrons. The highest BCUT2D eigenvalue weighted by atomic mass is 15.2. The van der Waals surface area contributed by atoms with Gasteiger partial charge in [0.25, 0.3) is 0 Å². The van der Waals surface area contributed by atoms with Crippen LogP contribution in [0.5, 0.6) is 0 Å². The van der Waals surface area contributed by atoms with E-state index in [0.29, 0.717) is 0 Å². The number of allylic oxidation sites excluding steroid dienone is 1. The van der Waals surface area contributed by atoms with Crippen LogP contribution in [0.4, 0.5) is 0 Å². The Hall–Kier alpha value is -1.12. The molecule has 0 aliphatic rings. The lowest BCUT2D eigenvalue weighted by Gasteiger charge is -2.17. The molecule has 1 rings (SSSR count). The first-order valence-corrected chi connectivity index (χ1v) is 6.82. The van der Waals surface area contributed by atoms with Crippen molar-refractivity contribution in [3.63, 3.8) is 0 Å². The molecule has 0 heterocycles. The minimum absolute atomic E-state index is 0.271. The van der Waals surface area contributed by atoms with Crippen molar-refractivity contribution in [3.8, 4) is 0 Å². The van der Waals surface area contributed by atoms with E-state index in [1.807, 2.05) is 6.08 Å². The van der Waals surface area contributed by atoms with Crippen LogP contribution in [-0.2, 0) is 0 Å². The highest BCUT2D eigenvalue weighted by molar-refractivity contribution is 5.30. The molecule has 0 saturated heterocycles. The first-order chi connectivity index (χ1) is 8.67. The van der Waals surface area contributed by atoms with Gasteiger partial charge in [-0.1, -0.05) is 48.2 Å². The first kappa shape index (κ1) is 14.9. The molecule has 0 bridgehead atoms. The number of unbranched alkanes of at least 4 members (excludes halogenated alkanes) is 3. The zero-order valence-corrected chi connectivity index (χ0v) is 11.7. The van der Waals surface area contributed by atoms with Crippen LogP contribution in [0.25, 0.3) is 0 Å². The van der Waals surface area contributed by atoms with Crippen molar-refractivity contribution < 1.29 is 0 Å². The molecule has 0 saturated carbocycles. The molecule has 0 fully saturated rings. The van der Waals surface area contributed by atoms with Crippen molar-refractivity contribution in [1.82, 2.24) is 5.43 Å². The lowest BCUT2D eigenvalue weighted by atomic mass is 9.97. The zero-order chi connectivity index (χ0) is 13.4. The third kappa shape index (κ3) is 5.03. The summed E-state index contributed by atoms with van der Waals surface area (Å²) in [6.07, 6.45) is 7.88. The molecule has 0 amide bonds. The van der Waals surface area contributed by atoms with E-state index < -0.39 is 0 Å². The van der Waals surface area contributed by atoms with Crippen LogP contribution in [0, 0.1) is 13.8 Å². The number of aryl methyl sites for hydroxylation is 2. The molecule has 2 heteroatoms. The van der Waals surface area contributed by atoms with Gasteiger partial charge in [0.15, 0.2) is 0 Å². The quantitative estimate of drug-likeness (QED) is 0.315. The van der Waals surface area contributed by atoms with Crippen molar-refractivity contribution >= 4 is 0 Å².